The van der Waals surface area contributed by atoms with Gasteiger partial charge >= 0.3 is 6.36 Å². The predicted octanol–water partition coefficient (Wildman–Crippen LogP) is 5.09. The molecule has 1 aliphatic heterocycles. The third-order valence-corrected chi connectivity index (χ3v) is 6.12. The van der Waals surface area contributed by atoms with Gasteiger partial charge in [0.1, 0.15) is 24.4 Å². The molecule has 2 aromatic carbocycles. The number of hydrogen-bond donors (Lipinski definition) is 0. The van der Waals surface area contributed by atoms with Crippen LogP contribution < -0.4 is 14.9 Å². The number of piperazine rings is 1. The zero-order valence-corrected chi connectivity index (χ0v) is 21.7. The van der Waals surface area contributed by atoms with Gasteiger partial charge in [0.2, 0.25) is 17.1 Å². The highest BCUT2D eigenvalue weighted by molar-refractivity contribution is 5.91. The van der Waals surface area contributed by atoms with Gasteiger partial charge in [0.15, 0.2) is 0 Å². The number of hydrogen-bond acceptors (Lipinski definition) is 6. The Balaban J connectivity index is 1.24. The molecule has 206 valence electrons. The zero-order chi connectivity index (χ0) is 28.0. The molecule has 39 heavy (non-hydrogen) atoms. The van der Waals surface area contributed by atoms with Crippen LogP contribution in [-0.4, -0.2) is 48.2 Å². The minimum absolute atomic E-state index is 0.155. The summed E-state index contributed by atoms with van der Waals surface area (Å²) in [5, 5.41) is 0. The number of benzene rings is 2. The van der Waals surface area contributed by atoms with Crippen molar-refractivity contribution < 1.29 is 31.9 Å². The Hall–Kier alpha value is -4.05. The number of carbonyl (C=O) groups is 1. The first-order chi connectivity index (χ1) is 18.5. The van der Waals surface area contributed by atoms with Crippen molar-refractivity contribution in [2.45, 2.75) is 33.4 Å². The normalized spacial score (nSPS) is 14.5. The van der Waals surface area contributed by atoms with Gasteiger partial charge in [0.25, 0.3) is 0 Å². The molecule has 1 saturated heterocycles. The van der Waals surface area contributed by atoms with Crippen LogP contribution >= 0.6 is 0 Å². The summed E-state index contributed by atoms with van der Waals surface area (Å²) in [4.78, 5) is 28.8. The highest BCUT2D eigenvalue weighted by atomic mass is 19.4. The Kier molecular flexibility index (Phi) is 8.75. The lowest BCUT2D eigenvalue weighted by atomic mass is 10.1. The molecule has 3 aromatic rings. The molecule has 0 saturated carbocycles. The average Bonchev–Trinajstić information content (AvgIpc) is 2.87. The van der Waals surface area contributed by atoms with Gasteiger partial charge in [-0.3, -0.25) is 14.5 Å². The van der Waals surface area contributed by atoms with E-state index >= 15 is 0 Å². The average molecular weight is 543 g/mol. The van der Waals surface area contributed by atoms with Crippen molar-refractivity contribution in [3.63, 3.8) is 0 Å². The van der Waals surface area contributed by atoms with Crippen molar-refractivity contribution in [2.75, 3.05) is 26.2 Å². The highest BCUT2D eigenvalue weighted by Gasteiger charge is 2.31. The fourth-order valence-electron chi connectivity index (χ4n) is 4.34. The zero-order valence-electron chi connectivity index (χ0n) is 21.7. The van der Waals surface area contributed by atoms with E-state index in [2.05, 4.69) is 15.7 Å². The predicted molar refractivity (Wildman–Crippen MR) is 139 cm³/mol. The number of rotatable bonds is 8. The van der Waals surface area contributed by atoms with E-state index in [-0.39, 0.29) is 29.4 Å². The van der Waals surface area contributed by atoms with Crippen molar-refractivity contribution in [2.24, 2.45) is 0 Å². The Morgan fingerprint density at radius 3 is 2.28 bits per heavy atom. The summed E-state index contributed by atoms with van der Waals surface area (Å²) in [6.45, 7) is 6.89. The fourth-order valence-corrected chi connectivity index (χ4v) is 4.34. The molecule has 4 rings (SSSR count). The van der Waals surface area contributed by atoms with Crippen molar-refractivity contribution >= 4 is 12.0 Å². The van der Waals surface area contributed by atoms with Crippen LogP contribution in [0.5, 0.6) is 11.5 Å². The molecule has 1 amide bonds. The van der Waals surface area contributed by atoms with Gasteiger partial charge in [-0.05, 0) is 43.2 Å². The van der Waals surface area contributed by atoms with E-state index in [1.165, 1.54) is 42.7 Å². The second-order valence-electron chi connectivity index (χ2n) is 9.41. The minimum Gasteiger partial charge on any atom is -0.482 e. The summed E-state index contributed by atoms with van der Waals surface area (Å²) in [5.74, 6) is 0.151. The van der Waals surface area contributed by atoms with E-state index in [1.54, 1.807) is 11.0 Å². The van der Waals surface area contributed by atoms with Crippen LogP contribution in [0.15, 0.2) is 70.1 Å². The molecule has 0 radical (unpaired) electrons. The first kappa shape index (κ1) is 28.0. The molecule has 1 aliphatic rings. The van der Waals surface area contributed by atoms with E-state index in [9.17, 15) is 22.8 Å². The molecular formula is C29H29F3N2O5. The lowest BCUT2D eigenvalue weighted by Gasteiger charge is -2.33. The van der Waals surface area contributed by atoms with Gasteiger partial charge in [0.05, 0.1) is 6.54 Å². The van der Waals surface area contributed by atoms with Gasteiger partial charge in [0, 0.05) is 38.3 Å². The molecule has 2 heterocycles. The number of ether oxygens (including phenoxy) is 2. The summed E-state index contributed by atoms with van der Waals surface area (Å²) < 4.78 is 52.0. The minimum atomic E-state index is -4.75. The van der Waals surface area contributed by atoms with Crippen LogP contribution in [0.1, 0.15) is 28.0 Å². The van der Waals surface area contributed by atoms with Gasteiger partial charge in [-0.2, -0.15) is 0 Å². The molecule has 0 spiro atoms. The lowest BCUT2D eigenvalue weighted by molar-refractivity contribution is -0.274. The lowest BCUT2D eigenvalue weighted by Crippen LogP contribution is -2.47. The standard InChI is InChI=1S/C29H29F3N2O5/c1-20-13-21(2)15-23(14-20)18-38-27-19-37-25(16-26(27)35)17-33-9-11-34(12-10-33)28(36)8-5-22-3-6-24(7-4-22)39-29(30,31)32/h3-8,13-16,19H,9-12,17-18H2,1-2H3/b8-5+. The Labute approximate surface area is 224 Å². The summed E-state index contributed by atoms with van der Waals surface area (Å²) in [6.07, 6.45) is -0.470. The number of nitrogens with zero attached hydrogens (tertiary/aromatic N) is 2. The van der Waals surface area contributed by atoms with Crippen LogP contribution in [0.4, 0.5) is 13.2 Å². The molecule has 0 atom stereocenters. The summed E-state index contributed by atoms with van der Waals surface area (Å²) in [7, 11) is 0. The van der Waals surface area contributed by atoms with E-state index in [0.29, 0.717) is 44.0 Å². The second-order valence-corrected chi connectivity index (χ2v) is 9.41. The van der Waals surface area contributed by atoms with Crippen molar-refractivity contribution in [1.82, 2.24) is 9.80 Å². The molecule has 0 aliphatic carbocycles. The van der Waals surface area contributed by atoms with E-state index in [4.69, 9.17) is 9.15 Å². The topological polar surface area (TPSA) is 72.2 Å². The maximum atomic E-state index is 12.5. The van der Waals surface area contributed by atoms with Gasteiger partial charge in [-0.1, -0.05) is 41.5 Å². The first-order valence-electron chi connectivity index (χ1n) is 12.4. The third-order valence-electron chi connectivity index (χ3n) is 6.12. The van der Waals surface area contributed by atoms with E-state index in [0.717, 1.165) is 16.7 Å². The number of carbonyl (C=O) groups excluding carboxylic acids is 1. The molecule has 1 fully saturated rings. The quantitative estimate of drug-likeness (QED) is 0.369. The molecule has 0 unspecified atom stereocenters. The maximum absolute atomic E-state index is 12.5. The first-order valence-corrected chi connectivity index (χ1v) is 12.4. The van der Waals surface area contributed by atoms with Crippen LogP contribution in [0.3, 0.4) is 0 Å². The van der Waals surface area contributed by atoms with Crippen LogP contribution in [0.2, 0.25) is 0 Å². The van der Waals surface area contributed by atoms with E-state index in [1.807, 2.05) is 26.0 Å². The number of amides is 1. The Bertz CT molecular complexity index is 1350. The summed E-state index contributed by atoms with van der Waals surface area (Å²) in [6, 6.07) is 12.8. The van der Waals surface area contributed by atoms with E-state index < -0.39 is 6.36 Å². The van der Waals surface area contributed by atoms with Gasteiger partial charge < -0.3 is 18.8 Å². The summed E-state index contributed by atoms with van der Waals surface area (Å²) >= 11 is 0. The van der Waals surface area contributed by atoms with Gasteiger partial charge in [-0.15, -0.1) is 13.2 Å². The van der Waals surface area contributed by atoms with Crippen LogP contribution in [0, 0.1) is 13.8 Å². The molecule has 1 aromatic heterocycles. The smallest absolute Gasteiger partial charge is 0.482 e. The summed E-state index contributed by atoms with van der Waals surface area (Å²) in [5.41, 5.74) is 3.56. The van der Waals surface area contributed by atoms with Crippen LogP contribution in [-0.2, 0) is 17.9 Å². The maximum Gasteiger partial charge on any atom is 0.573 e. The highest BCUT2D eigenvalue weighted by Crippen LogP contribution is 2.23. The molecular weight excluding hydrogens is 513 g/mol. The number of aryl methyl sites for hydroxylation is 2. The van der Waals surface area contributed by atoms with Crippen molar-refractivity contribution in [1.29, 1.82) is 0 Å². The molecule has 10 heteroatoms. The second kappa shape index (κ2) is 12.2. The molecule has 0 bridgehead atoms. The monoisotopic (exact) mass is 542 g/mol. The molecule has 7 nitrogen and oxygen atoms in total. The van der Waals surface area contributed by atoms with Crippen molar-refractivity contribution in [3.05, 3.63) is 99.1 Å². The van der Waals surface area contributed by atoms with Crippen molar-refractivity contribution in [3.8, 4) is 11.5 Å². The van der Waals surface area contributed by atoms with Gasteiger partial charge in [-0.25, -0.2) is 0 Å². The largest absolute Gasteiger partial charge is 0.573 e. The number of halogens is 3. The van der Waals surface area contributed by atoms with Crippen LogP contribution in [0.25, 0.3) is 6.08 Å². The molecule has 0 N–H and O–H groups in total. The fraction of sp³-hybridized carbons (Fsp3) is 0.310. The number of alkyl halides is 3. The SMILES string of the molecule is Cc1cc(C)cc(COc2coc(CN3CCN(C(=O)/C=C/c4ccc(OC(F)(F)F)cc4)CC3)cc2=O)c1. The Morgan fingerprint density at radius 1 is 1.00 bits per heavy atom. The Morgan fingerprint density at radius 2 is 1.67 bits per heavy atom. The third kappa shape index (κ3) is 8.47.